The van der Waals surface area contributed by atoms with Crippen LogP contribution in [0.5, 0.6) is 0 Å². The van der Waals surface area contributed by atoms with E-state index in [0.717, 1.165) is 69.1 Å². The second-order valence-electron chi connectivity index (χ2n) is 12.7. The van der Waals surface area contributed by atoms with E-state index in [4.69, 9.17) is 16.9 Å². The number of imide groups is 1. The number of allylic oxidation sites excluding steroid dienone is 4. The van der Waals surface area contributed by atoms with Gasteiger partial charge >= 0.3 is 0 Å². The lowest BCUT2D eigenvalue weighted by Crippen LogP contribution is -2.42. The summed E-state index contributed by atoms with van der Waals surface area (Å²) in [4.78, 5) is 30.4. The molecular formula is C38H71N5O2. The molecule has 0 unspecified atom stereocenters. The van der Waals surface area contributed by atoms with Crippen LogP contribution in [0.2, 0.25) is 0 Å². The molecule has 0 rings (SSSR count). The monoisotopic (exact) mass is 630 g/mol. The van der Waals surface area contributed by atoms with Gasteiger partial charge in [0.15, 0.2) is 5.96 Å². The van der Waals surface area contributed by atoms with E-state index in [0.29, 0.717) is 12.8 Å². The number of amides is 2. The number of nitrogens with two attached hydrogens (primary N) is 2. The number of hydrogen-bond donors (Lipinski definition) is 3. The van der Waals surface area contributed by atoms with E-state index in [1.54, 1.807) is 0 Å². The number of nitrogens with one attached hydrogen (secondary N) is 1. The summed E-state index contributed by atoms with van der Waals surface area (Å²) in [6.45, 7) is 4.51. The average Bonchev–Trinajstić information content (AvgIpc) is 3.00. The highest BCUT2D eigenvalue weighted by Gasteiger charge is 2.25. The zero-order valence-corrected chi connectivity index (χ0v) is 29.5. The Morgan fingerprint density at radius 3 is 1.11 bits per heavy atom. The normalized spacial score (nSPS) is 11.4. The molecule has 45 heavy (non-hydrogen) atoms. The highest BCUT2D eigenvalue weighted by atomic mass is 16.2. The highest BCUT2D eigenvalue weighted by molar-refractivity contribution is 6.13. The van der Waals surface area contributed by atoms with Crippen molar-refractivity contribution in [3.8, 4) is 0 Å². The molecule has 2 amide bonds. The molecule has 0 aliphatic rings. The van der Waals surface area contributed by atoms with Gasteiger partial charge in [0.05, 0.1) is 0 Å². The molecule has 7 heteroatoms. The summed E-state index contributed by atoms with van der Waals surface area (Å²) >= 11 is 0. The predicted molar refractivity (Wildman–Crippen MR) is 194 cm³/mol. The first-order chi connectivity index (χ1) is 21.9. The standard InChI is InChI=1S/C38H71N5O2/c1-3-5-7-9-11-13-15-17-19-21-23-25-27-29-31-33-35(44)43(38(41)42-37(39)40)36(45)34-32-30-28-26-24-22-20-18-16-14-12-10-8-6-4-2/h17-20H,3-16,21-34H2,1-2H3,(H5,39,40,41,42). The lowest BCUT2D eigenvalue weighted by atomic mass is 10.1. The van der Waals surface area contributed by atoms with Crippen molar-refractivity contribution >= 4 is 23.7 Å². The van der Waals surface area contributed by atoms with Gasteiger partial charge in [-0.15, -0.1) is 0 Å². The van der Waals surface area contributed by atoms with Crippen molar-refractivity contribution in [1.82, 2.24) is 4.90 Å². The fourth-order valence-corrected chi connectivity index (χ4v) is 5.47. The van der Waals surface area contributed by atoms with Crippen LogP contribution in [0.4, 0.5) is 0 Å². The van der Waals surface area contributed by atoms with Crippen molar-refractivity contribution in [3.05, 3.63) is 24.3 Å². The summed E-state index contributed by atoms with van der Waals surface area (Å²) < 4.78 is 0. The molecule has 0 fully saturated rings. The van der Waals surface area contributed by atoms with Gasteiger partial charge in [-0.3, -0.25) is 15.0 Å². The SMILES string of the molecule is CCCCCCCCC=CCCCCCCCC(=O)N(C(=N)N=C(N)N)C(=O)CCCCCCCC=CCCCCCCCC. The van der Waals surface area contributed by atoms with Crippen LogP contribution in [-0.4, -0.2) is 28.6 Å². The van der Waals surface area contributed by atoms with Gasteiger partial charge in [-0.25, -0.2) is 4.90 Å². The van der Waals surface area contributed by atoms with Crippen molar-refractivity contribution in [2.45, 2.75) is 194 Å². The van der Waals surface area contributed by atoms with Crippen LogP contribution >= 0.6 is 0 Å². The molecule has 0 saturated carbocycles. The number of nitrogens with zero attached hydrogens (tertiary/aromatic N) is 2. The molecule has 0 aliphatic carbocycles. The van der Waals surface area contributed by atoms with Gasteiger partial charge in [-0.05, 0) is 64.2 Å². The minimum atomic E-state index is -0.481. The van der Waals surface area contributed by atoms with Crippen LogP contribution in [0.25, 0.3) is 0 Å². The van der Waals surface area contributed by atoms with E-state index in [-0.39, 0.29) is 30.6 Å². The van der Waals surface area contributed by atoms with Crippen molar-refractivity contribution in [2.24, 2.45) is 16.5 Å². The third-order valence-corrected chi connectivity index (χ3v) is 8.25. The van der Waals surface area contributed by atoms with E-state index < -0.39 is 5.96 Å². The quantitative estimate of drug-likeness (QED) is 0.0316. The van der Waals surface area contributed by atoms with Crippen molar-refractivity contribution in [3.63, 3.8) is 0 Å². The average molecular weight is 630 g/mol. The number of aliphatic imine (C=N–C) groups is 1. The number of rotatable bonds is 30. The third kappa shape index (κ3) is 28.8. The second-order valence-corrected chi connectivity index (χ2v) is 12.7. The van der Waals surface area contributed by atoms with Gasteiger partial charge in [-0.1, -0.05) is 141 Å². The summed E-state index contributed by atoms with van der Waals surface area (Å²) in [5.74, 6) is -1.58. The molecule has 0 saturated heterocycles. The number of carbonyl (C=O) groups excluding carboxylic acids is 2. The first-order valence-corrected chi connectivity index (χ1v) is 18.8. The Bertz CT molecular complexity index is 765. The first kappa shape index (κ1) is 42.6. The van der Waals surface area contributed by atoms with Crippen LogP contribution in [0.1, 0.15) is 194 Å². The maximum absolute atomic E-state index is 12.9. The van der Waals surface area contributed by atoms with Gasteiger partial charge in [0.2, 0.25) is 17.8 Å². The maximum Gasteiger partial charge on any atom is 0.236 e. The topological polar surface area (TPSA) is 126 Å². The van der Waals surface area contributed by atoms with E-state index in [2.05, 4.69) is 43.1 Å². The molecule has 0 aliphatic heterocycles. The Kier molecular flexibility index (Phi) is 31.2. The minimum Gasteiger partial charge on any atom is -0.370 e. The maximum atomic E-state index is 12.9. The van der Waals surface area contributed by atoms with Crippen LogP contribution < -0.4 is 11.5 Å². The molecular weight excluding hydrogens is 558 g/mol. The van der Waals surface area contributed by atoms with Crippen LogP contribution in [0.3, 0.4) is 0 Å². The summed E-state index contributed by atoms with van der Waals surface area (Å²) in [6.07, 6.45) is 40.4. The molecule has 0 atom stereocenters. The van der Waals surface area contributed by atoms with Gasteiger partial charge in [0.25, 0.3) is 0 Å². The van der Waals surface area contributed by atoms with Gasteiger partial charge < -0.3 is 11.5 Å². The van der Waals surface area contributed by atoms with E-state index in [9.17, 15) is 9.59 Å². The van der Waals surface area contributed by atoms with E-state index in [1.807, 2.05) is 0 Å². The molecule has 7 nitrogen and oxygen atoms in total. The molecule has 0 heterocycles. The second kappa shape index (κ2) is 32.9. The Morgan fingerprint density at radius 1 is 0.511 bits per heavy atom. The predicted octanol–water partition coefficient (Wildman–Crippen LogP) is 10.6. The van der Waals surface area contributed by atoms with Crippen molar-refractivity contribution in [2.75, 3.05) is 0 Å². The summed E-state index contributed by atoms with van der Waals surface area (Å²) in [6, 6.07) is 0. The fourth-order valence-electron chi connectivity index (χ4n) is 5.47. The molecule has 260 valence electrons. The molecule has 0 aromatic carbocycles. The zero-order valence-electron chi connectivity index (χ0n) is 29.5. The van der Waals surface area contributed by atoms with E-state index >= 15 is 0 Å². The Morgan fingerprint density at radius 2 is 0.800 bits per heavy atom. The van der Waals surface area contributed by atoms with Crippen molar-refractivity contribution < 1.29 is 9.59 Å². The Labute approximate surface area is 277 Å². The highest BCUT2D eigenvalue weighted by Crippen LogP contribution is 2.14. The van der Waals surface area contributed by atoms with Gasteiger partial charge in [-0.2, -0.15) is 4.99 Å². The number of guanidine groups is 2. The lowest BCUT2D eigenvalue weighted by Gasteiger charge is -2.19. The van der Waals surface area contributed by atoms with Gasteiger partial charge in [0.1, 0.15) is 0 Å². The smallest absolute Gasteiger partial charge is 0.236 e. The summed E-state index contributed by atoms with van der Waals surface area (Å²) in [7, 11) is 0. The summed E-state index contributed by atoms with van der Waals surface area (Å²) in [5, 5.41) is 8.14. The number of carbonyl (C=O) groups is 2. The zero-order chi connectivity index (χ0) is 33.2. The van der Waals surface area contributed by atoms with Crippen LogP contribution in [0.15, 0.2) is 29.3 Å². The number of hydrogen-bond acceptors (Lipinski definition) is 3. The summed E-state index contributed by atoms with van der Waals surface area (Å²) in [5.41, 5.74) is 10.9. The third-order valence-electron chi connectivity index (χ3n) is 8.25. The van der Waals surface area contributed by atoms with E-state index in [1.165, 1.54) is 89.9 Å². The molecule has 0 radical (unpaired) electrons. The molecule has 5 N–H and O–H groups in total. The molecule has 0 spiro atoms. The Hall–Kier alpha value is -2.44. The molecule has 0 bridgehead atoms. The largest absolute Gasteiger partial charge is 0.370 e. The molecule has 0 aromatic rings. The fraction of sp³-hybridized carbons (Fsp3) is 0.789. The number of unbranched alkanes of at least 4 members (excludes halogenated alkanes) is 22. The Balaban J connectivity index is 4.10. The van der Waals surface area contributed by atoms with Crippen LogP contribution in [-0.2, 0) is 9.59 Å². The van der Waals surface area contributed by atoms with Crippen molar-refractivity contribution in [1.29, 1.82) is 5.41 Å². The first-order valence-electron chi connectivity index (χ1n) is 18.8. The lowest BCUT2D eigenvalue weighted by molar-refractivity contribution is -0.140. The van der Waals surface area contributed by atoms with Gasteiger partial charge in [0, 0.05) is 12.8 Å². The minimum absolute atomic E-state index is 0.221. The van der Waals surface area contributed by atoms with Crippen LogP contribution in [0, 0.1) is 5.41 Å². The molecule has 0 aromatic heterocycles.